The van der Waals surface area contributed by atoms with E-state index in [4.69, 9.17) is 18.9 Å². The molecule has 1 aliphatic carbocycles. The Morgan fingerprint density at radius 1 is 1.00 bits per heavy atom. The standard InChI is InChI=1S/C30H30N2O7/c1-18(36-3)16-32(13-12-26(34)24-14-27-28(38-17-37-27)15-25(24)31-19(2)33)30(35)39-29-22-10-6-4-8-20(22)21-9-5-7-11-23(21)29/h4-11,14-15,18,29H,12-13,16-17H2,1-3H3,(H,31,33). The minimum atomic E-state index is -0.554. The van der Waals surface area contributed by atoms with Crippen molar-refractivity contribution in [2.24, 2.45) is 0 Å². The highest BCUT2D eigenvalue weighted by Crippen LogP contribution is 2.45. The first kappa shape index (κ1) is 26.2. The monoisotopic (exact) mass is 530 g/mol. The third-order valence-electron chi connectivity index (χ3n) is 6.87. The molecule has 1 heterocycles. The molecular formula is C30H30N2O7. The number of fused-ring (bicyclic) bond motifs is 4. The second kappa shape index (κ2) is 11.2. The molecule has 2 amide bonds. The average molecular weight is 531 g/mol. The molecule has 202 valence electrons. The number of amides is 2. The van der Waals surface area contributed by atoms with Crippen LogP contribution in [0.25, 0.3) is 11.1 Å². The van der Waals surface area contributed by atoms with Gasteiger partial charge < -0.3 is 29.2 Å². The molecule has 9 nitrogen and oxygen atoms in total. The number of anilines is 1. The first-order valence-electron chi connectivity index (χ1n) is 12.8. The summed E-state index contributed by atoms with van der Waals surface area (Å²) in [5, 5.41) is 2.68. The predicted octanol–water partition coefficient (Wildman–Crippen LogP) is 5.19. The summed E-state index contributed by atoms with van der Waals surface area (Å²) in [5.41, 5.74) is 4.51. The van der Waals surface area contributed by atoms with Crippen LogP contribution in [-0.4, -0.2) is 55.8 Å². The number of methoxy groups -OCH3 is 1. The number of rotatable bonds is 9. The zero-order chi connectivity index (χ0) is 27.5. The lowest BCUT2D eigenvalue weighted by Crippen LogP contribution is -2.39. The lowest BCUT2D eigenvalue weighted by Gasteiger charge is -2.27. The van der Waals surface area contributed by atoms with Gasteiger partial charge in [0.2, 0.25) is 12.7 Å². The summed E-state index contributed by atoms with van der Waals surface area (Å²) in [7, 11) is 1.56. The highest BCUT2D eigenvalue weighted by atomic mass is 16.7. The molecule has 0 bridgehead atoms. The summed E-state index contributed by atoms with van der Waals surface area (Å²) in [6.07, 6.45) is -1.39. The summed E-state index contributed by atoms with van der Waals surface area (Å²) >= 11 is 0. The van der Waals surface area contributed by atoms with Crippen molar-refractivity contribution in [3.63, 3.8) is 0 Å². The third kappa shape index (κ3) is 5.44. The lowest BCUT2D eigenvalue weighted by atomic mass is 10.0. The van der Waals surface area contributed by atoms with Crippen LogP contribution in [0, 0.1) is 0 Å². The van der Waals surface area contributed by atoms with Crippen LogP contribution in [0.4, 0.5) is 10.5 Å². The minimum Gasteiger partial charge on any atom is -0.454 e. The second-order valence-corrected chi connectivity index (χ2v) is 9.54. The summed E-state index contributed by atoms with van der Waals surface area (Å²) < 4.78 is 22.3. The Morgan fingerprint density at radius 2 is 1.62 bits per heavy atom. The van der Waals surface area contributed by atoms with Gasteiger partial charge in [-0.1, -0.05) is 48.5 Å². The molecule has 0 aromatic heterocycles. The largest absolute Gasteiger partial charge is 0.454 e. The van der Waals surface area contributed by atoms with Gasteiger partial charge in [0.25, 0.3) is 0 Å². The van der Waals surface area contributed by atoms with Crippen LogP contribution in [-0.2, 0) is 14.3 Å². The molecule has 3 aromatic carbocycles. The Hall–Kier alpha value is -4.37. The molecule has 3 aromatic rings. The molecule has 0 saturated heterocycles. The number of Topliss-reactive ketones (excluding diaryl/α,β-unsaturated/α-hetero) is 1. The van der Waals surface area contributed by atoms with Gasteiger partial charge in [-0.05, 0) is 24.1 Å². The Morgan fingerprint density at radius 3 is 2.23 bits per heavy atom. The van der Waals surface area contributed by atoms with Gasteiger partial charge >= 0.3 is 6.09 Å². The maximum Gasteiger partial charge on any atom is 0.410 e. The second-order valence-electron chi connectivity index (χ2n) is 9.54. The molecule has 1 unspecified atom stereocenters. The highest BCUT2D eigenvalue weighted by Gasteiger charge is 2.33. The maximum absolute atomic E-state index is 13.5. The number of nitrogens with one attached hydrogen (secondary N) is 1. The number of carbonyl (C=O) groups is 3. The van der Waals surface area contributed by atoms with Crippen molar-refractivity contribution in [3.8, 4) is 22.6 Å². The topological polar surface area (TPSA) is 103 Å². The number of nitrogens with zero attached hydrogens (tertiary/aromatic N) is 1. The Kier molecular flexibility index (Phi) is 7.51. The van der Waals surface area contributed by atoms with E-state index in [1.165, 1.54) is 11.8 Å². The zero-order valence-corrected chi connectivity index (χ0v) is 22.1. The molecule has 1 N–H and O–H groups in total. The van der Waals surface area contributed by atoms with Crippen LogP contribution < -0.4 is 14.8 Å². The van der Waals surface area contributed by atoms with E-state index in [9.17, 15) is 14.4 Å². The summed E-state index contributed by atoms with van der Waals surface area (Å²) in [6.45, 7) is 3.57. The van der Waals surface area contributed by atoms with Gasteiger partial charge in [0.05, 0.1) is 11.8 Å². The molecule has 0 spiro atoms. The van der Waals surface area contributed by atoms with Gasteiger partial charge in [-0.15, -0.1) is 0 Å². The molecule has 1 aliphatic heterocycles. The predicted molar refractivity (Wildman–Crippen MR) is 144 cm³/mol. The normalized spacial score (nSPS) is 13.8. The lowest BCUT2D eigenvalue weighted by molar-refractivity contribution is -0.114. The molecular weight excluding hydrogens is 500 g/mol. The van der Waals surface area contributed by atoms with E-state index in [0.29, 0.717) is 17.2 Å². The average Bonchev–Trinajstić information content (AvgIpc) is 3.52. The van der Waals surface area contributed by atoms with E-state index >= 15 is 0 Å². The summed E-state index contributed by atoms with van der Waals surface area (Å²) in [4.78, 5) is 40.1. The third-order valence-corrected chi connectivity index (χ3v) is 6.87. The summed E-state index contributed by atoms with van der Waals surface area (Å²) in [5.74, 6) is 0.289. The molecule has 0 fully saturated rings. The zero-order valence-electron chi connectivity index (χ0n) is 22.1. The van der Waals surface area contributed by atoms with Crippen LogP contribution in [0.5, 0.6) is 11.5 Å². The molecule has 5 rings (SSSR count). The first-order valence-corrected chi connectivity index (χ1v) is 12.8. The highest BCUT2D eigenvalue weighted by molar-refractivity contribution is 6.05. The summed E-state index contributed by atoms with van der Waals surface area (Å²) in [6, 6.07) is 18.9. The maximum atomic E-state index is 13.5. The Bertz CT molecular complexity index is 1370. The molecule has 39 heavy (non-hydrogen) atoms. The molecule has 1 atom stereocenters. The number of benzene rings is 3. The molecule has 2 aliphatic rings. The fourth-order valence-corrected chi connectivity index (χ4v) is 4.89. The van der Waals surface area contributed by atoms with Crippen molar-refractivity contribution in [3.05, 3.63) is 77.4 Å². The smallest absolute Gasteiger partial charge is 0.410 e. The molecule has 0 saturated carbocycles. The van der Waals surface area contributed by atoms with Crippen LogP contribution >= 0.6 is 0 Å². The van der Waals surface area contributed by atoms with Crippen molar-refractivity contribution in [1.29, 1.82) is 0 Å². The first-order chi connectivity index (χ1) is 18.9. The van der Waals surface area contributed by atoms with Crippen molar-refractivity contribution in [2.75, 3.05) is 32.3 Å². The van der Waals surface area contributed by atoms with E-state index in [0.717, 1.165) is 22.3 Å². The van der Waals surface area contributed by atoms with Gasteiger partial charge in [0.1, 0.15) is 0 Å². The fraction of sp³-hybridized carbons (Fsp3) is 0.300. The van der Waals surface area contributed by atoms with Gasteiger partial charge in [0, 0.05) is 56.3 Å². The van der Waals surface area contributed by atoms with Gasteiger partial charge in [-0.3, -0.25) is 9.59 Å². The molecule has 9 heteroatoms. The van der Waals surface area contributed by atoms with Crippen molar-refractivity contribution < 1.29 is 33.3 Å². The van der Waals surface area contributed by atoms with Crippen molar-refractivity contribution in [1.82, 2.24) is 4.90 Å². The fourth-order valence-electron chi connectivity index (χ4n) is 4.89. The number of hydrogen-bond donors (Lipinski definition) is 1. The Labute approximate surface area is 226 Å². The van der Waals surface area contributed by atoms with E-state index in [1.807, 2.05) is 55.5 Å². The van der Waals surface area contributed by atoms with Crippen LogP contribution in [0.2, 0.25) is 0 Å². The van der Waals surface area contributed by atoms with Gasteiger partial charge in [-0.25, -0.2) is 4.79 Å². The van der Waals surface area contributed by atoms with Gasteiger partial charge in [0.15, 0.2) is 23.4 Å². The van der Waals surface area contributed by atoms with Crippen LogP contribution in [0.15, 0.2) is 60.7 Å². The van der Waals surface area contributed by atoms with E-state index in [-0.39, 0.29) is 49.7 Å². The van der Waals surface area contributed by atoms with Crippen molar-refractivity contribution >= 4 is 23.5 Å². The van der Waals surface area contributed by atoms with Crippen LogP contribution in [0.1, 0.15) is 47.9 Å². The van der Waals surface area contributed by atoms with Crippen molar-refractivity contribution in [2.45, 2.75) is 32.5 Å². The van der Waals surface area contributed by atoms with E-state index in [1.54, 1.807) is 19.2 Å². The Balaban J connectivity index is 1.35. The number of hydrogen-bond acceptors (Lipinski definition) is 7. The number of carbonyl (C=O) groups excluding carboxylic acids is 3. The number of ketones is 1. The van der Waals surface area contributed by atoms with E-state index < -0.39 is 12.2 Å². The number of ether oxygens (including phenoxy) is 4. The van der Waals surface area contributed by atoms with Crippen LogP contribution in [0.3, 0.4) is 0 Å². The van der Waals surface area contributed by atoms with Gasteiger partial charge in [-0.2, -0.15) is 0 Å². The minimum absolute atomic E-state index is 0.00436. The van der Waals surface area contributed by atoms with E-state index in [2.05, 4.69) is 5.32 Å². The quantitative estimate of drug-likeness (QED) is 0.380. The molecule has 0 radical (unpaired) electrons. The SMILES string of the molecule is COC(C)CN(CCC(=O)c1cc2c(cc1NC(C)=O)OCO2)C(=O)OC1c2ccccc2-c2ccccc21.